The van der Waals surface area contributed by atoms with Crippen molar-refractivity contribution in [3.63, 3.8) is 0 Å². The number of carbonyl (C=O) groups excluding carboxylic acids is 2. The van der Waals surface area contributed by atoms with Gasteiger partial charge in [-0.25, -0.2) is 4.98 Å². The maximum Gasteiger partial charge on any atom is 0.230 e. The zero-order valence-corrected chi connectivity index (χ0v) is 12.1. The van der Waals surface area contributed by atoms with Gasteiger partial charge in [0.05, 0.1) is 6.42 Å². The van der Waals surface area contributed by atoms with Gasteiger partial charge in [0.2, 0.25) is 11.8 Å². The van der Waals surface area contributed by atoms with E-state index in [1.165, 1.54) is 18.3 Å². The van der Waals surface area contributed by atoms with E-state index >= 15 is 0 Å². The Morgan fingerprint density at radius 2 is 1.90 bits per heavy atom. The molecule has 2 N–H and O–H groups in total. The molecule has 1 heterocycles. The van der Waals surface area contributed by atoms with Crippen LogP contribution in [-0.4, -0.2) is 16.8 Å². The van der Waals surface area contributed by atoms with E-state index in [0.717, 1.165) is 16.1 Å². The lowest BCUT2D eigenvalue weighted by Gasteiger charge is -2.04. The summed E-state index contributed by atoms with van der Waals surface area (Å²) in [6, 6.07) is 7.19. The Labute approximate surface area is 121 Å². The lowest BCUT2D eigenvalue weighted by atomic mass is 10.1. The summed E-state index contributed by atoms with van der Waals surface area (Å²) in [6.07, 6.45) is 2.00. The van der Waals surface area contributed by atoms with Gasteiger partial charge in [-0.05, 0) is 24.6 Å². The van der Waals surface area contributed by atoms with Gasteiger partial charge in [0.15, 0.2) is 5.13 Å². The summed E-state index contributed by atoms with van der Waals surface area (Å²) in [6.45, 7) is 3.39. The van der Waals surface area contributed by atoms with Crippen molar-refractivity contribution < 1.29 is 9.59 Å². The summed E-state index contributed by atoms with van der Waals surface area (Å²) in [5, 5.41) is 6.05. The highest BCUT2D eigenvalue weighted by Crippen LogP contribution is 2.17. The van der Waals surface area contributed by atoms with Crippen molar-refractivity contribution in [1.82, 2.24) is 4.98 Å². The number of aryl methyl sites for hydroxylation is 1. The second-order valence-electron chi connectivity index (χ2n) is 4.38. The second-order valence-corrected chi connectivity index (χ2v) is 5.61. The van der Waals surface area contributed by atoms with Crippen molar-refractivity contribution in [3.8, 4) is 0 Å². The van der Waals surface area contributed by atoms with Crippen LogP contribution < -0.4 is 10.6 Å². The Balaban J connectivity index is 1.92. The van der Waals surface area contributed by atoms with Gasteiger partial charge in [-0.15, -0.1) is 11.3 Å². The highest BCUT2D eigenvalue weighted by molar-refractivity contribution is 7.15. The number of hydrogen-bond acceptors (Lipinski definition) is 4. The normalized spacial score (nSPS) is 10.1. The molecule has 0 unspecified atom stereocenters. The number of benzene rings is 1. The molecule has 0 bridgehead atoms. The molecule has 20 heavy (non-hydrogen) atoms. The molecule has 0 atom stereocenters. The van der Waals surface area contributed by atoms with Gasteiger partial charge in [-0.3, -0.25) is 9.59 Å². The van der Waals surface area contributed by atoms with Crippen molar-refractivity contribution >= 4 is 34.0 Å². The van der Waals surface area contributed by atoms with Crippen LogP contribution in [0.25, 0.3) is 0 Å². The zero-order chi connectivity index (χ0) is 14.5. The number of carbonyl (C=O) groups is 2. The summed E-state index contributed by atoms with van der Waals surface area (Å²) in [7, 11) is 0. The Morgan fingerprint density at radius 1 is 1.20 bits per heavy atom. The smallest absolute Gasteiger partial charge is 0.230 e. The minimum atomic E-state index is -0.116. The maximum absolute atomic E-state index is 11.8. The van der Waals surface area contributed by atoms with Gasteiger partial charge in [0.1, 0.15) is 0 Å². The first-order valence-corrected chi connectivity index (χ1v) is 6.93. The van der Waals surface area contributed by atoms with Crippen LogP contribution in [0.3, 0.4) is 0 Å². The maximum atomic E-state index is 11.8. The summed E-state index contributed by atoms with van der Waals surface area (Å²) in [4.78, 5) is 27.9. The summed E-state index contributed by atoms with van der Waals surface area (Å²) in [5.41, 5.74) is 1.60. The minimum Gasteiger partial charge on any atom is -0.326 e. The number of thiazole rings is 1. The summed E-state index contributed by atoms with van der Waals surface area (Å²) >= 11 is 1.45. The van der Waals surface area contributed by atoms with Gasteiger partial charge in [-0.2, -0.15) is 0 Å². The molecule has 0 spiro atoms. The van der Waals surface area contributed by atoms with E-state index in [1.54, 1.807) is 18.3 Å². The molecule has 0 radical (unpaired) electrons. The number of rotatable bonds is 4. The standard InChI is InChI=1S/C14H15N3O2S/c1-9-8-15-14(20-9)17-13(19)7-11-3-5-12(6-4-11)16-10(2)18/h3-6,8H,7H2,1-2H3,(H,16,18)(H,15,17,19). The molecule has 6 heteroatoms. The van der Waals surface area contributed by atoms with Gasteiger partial charge < -0.3 is 10.6 Å². The zero-order valence-electron chi connectivity index (χ0n) is 11.3. The molecular formula is C14H15N3O2S. The average molecular weight is 289 g/mol. The largest absolute Gasteiger partial charge is 0.326 e. The second kappa shape index (κ2) is 6.29. The van der Waals surface area contributed by atoms with Crippen LogP contribution in [0.2, 0.25) is 0 Å². The Bertz CT molecular complexity index is 620. The fraction of sp³-hybridized carbons (Fsp3) is 0.214. The molecule has 2 amide bonds. The van der Waals surface area contributed by atoms with Crippen LogP contribution in [0.5, 0.6) is 0 Å². The minimum absolute atomic E-state index is 0.105. The van der Waals surface area contributed by atoms with E-state index in [0.29, 0.717) is 5.13 Å². The number of amides is 2. The van der Waals surface area contributed by atoms with E-state index in [4.69, 9.17) is 0 Å². The summed E-state index contributed by atoms with van der Waals surface area (Å²) < 4.78 is 0. The number of hydrogen-bond donors (Lipinski definition) is 2. The fourth-order valence-corrected chi connectivity index (χ4v) is 2.35. The van der Waals surface area contributed by atoms with Crippen LogP contribution in [0.15, 0.2) is 30.5 Å². The Morgan fingerprint density at radius 3 is 2.45 bits per heavy atom. The van der Waals surface area contributed by atoms with Crippen LogP contribution in [-0.2, 0) is 16.0 Å². The van der Waals surface area contributed by atoms with E-state index < -0.39 is 0 Å². The number of anilines is 2. The molecule has 0 fully saturated rings. The molecule has 0 aliphatic heterocycles. The van der Waals surface area contributed by atoms with Crippen molar-refractivity contribution in [3.05, 3.63) is 40.9 Å². The molecule has 1 aromatic heterocycles. The van der Waals surface area contributed by atoms with Crippen LogP contribution in [0.1, 0.15) is 17.4 Å². The van der Waals surface area contributed by atoms with Crippen LogP contribution in [0, 0.1) is 6.92 Å². The first-order valence-electron chi connectivity index (χ1n) is 6.12. The topological polar surface area (TPSA) is 71.1 Å². The van der Waals surface area contributed by atoms with Crippen LogP contribution in [0.4, 0.5) is 10.8 Å². The fourth-order valence-electron chi connectivity index (χ4n) is 1.67. The SMILES string of the molecule is CC(=O)Nc1ccc(CC(=O)Nc2ncc(C)s2)cc1. The highest BCUT2D eigenvalue weighted by Gasteiger charge is 2.06. The van der Waals surface area contributed by atoms with Crippen LogP contribution >= 0.6 is 11.3 Å². The van der Waals surface area contributed by atoms with E-state index in [2.05, 4.69) is 15.6 Å². The third-order valence-corrected chi connectivity index (χ3v) is 3.33. The Hall–Kier alpha value is -2.21. The lowest BCUT2D eigenvalue weighted by Crippen LogP contribution is -2.14. The quantitative estimate of drug-likeness (QED) is 0.908. The van der Waals surface area contributed by atoms with Crippen molar-refractivity contribution in [2.24, 2.45) is 0 Å². The molecule has 0 aliphatic carbocycles. The summed E-state index contributed by atoms with van der Waals surface area (Å²) in [5.74, 6) is -0.221. The number of nitrogens with one attached hydrogen (secondary N) is 2. The average Bonchev–Trinajstić information content (AvgIpc) is 2.76. The predicted octanol–water partition coefficient (Wildman–Crippen LogP) is 2.59. The van der Waals surface area contributed by atoms with Gasteiger partial charge in [0, 0.05) is 23.7 Å². The molecule has 5 nitrogen and oxygen atoms in total. The molecule has 0 saturated carbocycles. The van der Waals surface area contributed by atoms with Crippen molar-refractivity contribution in [1.29, 1.82) is 0 Å². The molecule has 1 aromatic carbocycles. The molecule has 2 rings (SSSR count). The molecule has 104 valence electrons. The highest BCUT2D eigenvalue weighted by atomic mass is 32.1. The van der Waals surface area contributed by atoms with E-state index in [9.17, 15) is 9.59 Å². The predicted molar refractivity (Wildman–Crippen MR) is 79.9 cm³/mol. The van der Waals surface area contributed by atoms with Crippen molar-refractivity contribution in [2.45, 2.75) is 20.3 Å². The molecule has 2 aromatic rings. The van der Waals surface area contributed by atoms with Gasteiger partial charge in [-0.1, -0.05) is 12.1 Å². The molecular weight excluding hydrogens is 274 g/mol. The number of nitrogens with zero attached hydrogens (tertiary/aromatic N) is 1. The van der Waals surface area contributed by atoms with E-state index in [1.807, 2.05) is 19.1 Å². The van der Waals surface area contributed by atoms with Gasteiger partial charge >= 0.3 is 0 Å². The first-order chi connectivity index (χ1) is 9.52. The third-order valence-electron chi connectivity index (χ3n) is 2.51. The number of aromatic nitrogens is 1. The Kier molecular flexibility index (Phi) is 4.47. The van der Waals surface area contributed by atoms with E-state index in [-0.39, 0.29) is 18.2 Å². The monoisotopic (exact) mass is 289 g/mol. The molecule has 0 saturated heterocycles. The van der Waals surface area contributed by atoms with Gasteiger partial charge in [0.25, 0.3) is 0 Å². The molecule has 0 aliphatic rings. The third kappa shape index (κ3) is 4.17. The lowest BCUT2D eigenvalue weighted by molar-refractivity contribution is -0.116. The van der Waals surface area contributed by atoms with Crippen molar-refractivity contribution in [2.75, 3.05) is 10.6 Å². The first kappa shape index (κ1) is 14.2.